The van der Waals surface area contributed by atoms with E-state index in [-0.39, 0.29) is 18.9 Å². The number of hydrogen-bond acceptors (Lipinski definition) is 7. The van der Waals surface area contributed by atoms with Gasteiger partial charge in [0, 0.05) is 0 Å². The fourth-order valence-electron chi connectivity index (χ4n) is 1.38. The van der Waals surface area contributed by atoms with Crippen LogP contribution in [0.25, 0.3) is 0 Å². The molecule has 0 radical (unpaired) electrons. The lowest BCUT2D eigenvalue weighted by Gasteiger charge is -2.15. The highest BCUT2D eigenvalue weighted by atomic mass is 16.6. The molecule has 0 spiro atoms. The van der Waals surface area contributed by atoms with E-state index in [1.165, 1.54) is 37.6 Å². The second-order valence-corrected chi connectivity index (χ2v) is 4.84. The Morgan fingerprint density at radius 1 is 1.22 bits per heavy atom. The number of esters is 2. The molecule has 0 aliphatic rings. The van der Waals surface area contributed by atoms with E-state index in [1.54, 1.807) is 0 Å². The zero-order valence-corrected chi connectivity index (χ0v) is 13.7. The predicted molar refractivity (Wildman–Crippen MR) is 84.6 cm³/mol. The van der Waals surface area contributed by atoms with Crippen LogP contribution in [-0.2, 0) is 19.1 Å². The summed E-state index contributed by atoms with van der Waals surface area (Å²) in [6.07, 6.45) is -0.866. The molecular formula is C16H25NO6. The molecule has 130 valence electrons. The van der Waals surface area contributed by atoms with E-state index >= 15 is 0 Å². The molecule has 0 bridgehead atoms. The molecule has 2 unspecified atom stereocenters. The summed E-state index contributed by atoms with van der Waals surface area (Å²) in [5.41, 5.74) is 5.36. The van der Waals surface area contributed by atoms with Gasteiger partial charge < -0.3 is 25.4 Å². The molecule has 0 aliphatic carbocycles. The number of phenols is 1. The maximum absolute atomic E-state index is 11.6. The molecule has 0 saturated heterocycles. The van der Waals surface area contributed by atoms with E-state index in [0.717, 1.165) is 0 Å². The molecule has 0 fully saturated rings. The quantitative estimate of drug-likeness (QED) is 0.673. The van der Waals surface area contributed by atoms with Crippen molar-refractivity contribution in [1.82, 2.24) is 0 Å². The zero-order valence-electron chi connectivity index (χ0n) is 13.7. The largest absolute Gasteiger partial charge is 0.508 e. The molecule has 0 heterocycles. The van der Waals surface area contributed by atoms with Gasteiger partial charge in [-0.15, -0.1) is 0 Å². The monoisotopic (exact) mass is 327 g/mol. The third-order valence-corrected chi connectivity index (χ3v) is 2.39. The summed E-state index contributed by atoms with van der Waals surface area (Å²) in [6, 6.07) is 5.49. The first-order valence-corrected chi connectivity index (χ1v) is 7.38. The van der Waals surface area contributed by atoms with Gasteiger partial charge in [-0.25, -0.2) is 4.79 Å². The van der Waals surface area contributed by atoms with Gasteiger partial charge in [0.15, 0.2) is 6.10 Å². The average molecular weight is 327 g/mol. The lowest BCUT2D eigenvalue weighted by atomic mass is 10.1. The van der Waals surface area contributed by atoms with Crippen LogP contribution in [0.1, 0.15) is 38.9 Å². The first kappa shape index (κ1) is 20.9. The summed E-state index contributed by atoms with van der Waals surface area (Å²) in [5, 5.41) is 18.8. The minimum atomic E-state index is -1.46. The van der Waals surface area contributed by atoms with Gasteiger partial charge in [-0.2, -0.15) is 0 Å². The molecule has 1 aromatic carbocycles. The van der Waals surface area contributed by atoms with Crippen molar-refractivity contribution in [2.75, 3.05) is 13.2 Å². The van der Waals surface area contributed by atoms with Crippen LogP contribution in [-0.4, -0.2) is 41.4 Å². The number of aliphatic hydroxyl groups is 1. The summed E-state index contributed by atoms with van der Waals surface area (Å²) < 4.78 is 9.62. The SMILES string of the molecule is CC(COC(=O)C(O)c1ccc(O)cc1)OC(=O)CN.CCC. The van der Waals surface area contributed by atoms with E-state index < -0.39 is 24.1 Å². The van der Waals surface area contributed by atoms with Gasteiger partial charge in [-0.1, -0.05) is 32.4 Å². The van der Waals surface area contributed by atoms with Gasteiger partial charge in [-0.3, -0.25) is 4.79 Å². The number of carbonyl (C=O) groups is 2. The van der Waals surface area contributed by atoms with Crippen LogP contribution in [0, 0.1) is 0 Å². The summed E-state index contributed by atoms with van der Waals surface area (Å²) in [4.78, 5) is 22.5. The number of rotatable bonds is 6. The highest BCUT2D eigenvalue weighted by Gasteiger charge is 2.20. The Morgan fingerprint density at radius 2 is 1.74 bits per heavy atom. The number of nitrogens with two attached hydrogens (primary N) is 1. The minimum absolute atomic E-state index is 0.0247. The van der Waals surface area contributed by atoms with Crippen molar-refractivity contribution in [2.45, 2.75) is 39.4 Å². The highest BCUT2D eigenvalue weighted by Crippen LogP contribution is 2.18. The Labute approximate surface area is 136 Å². The van der Waals surface area contributed by atoms with Gasteiger partial charge >= 0.3 is 11.9 Å². The van der Waals surface area contributed by atoms with Crippen LogP contribution in [0.5, 0.6) is 5.75 Å². The van der Waals surface area contributed by atoms with Crippen molar-refractivity contribution in [1.29, 1.82) is 0 Å². The van der Waals surface area contributed by atoms with Crippen molar-refractivity contribution in [3.8, 4) is 5.75 Å². The maximum atomic E-state index is 11.6. The molecule has 0 aliphatic heterocycles. The third kappa shape index (κ3) is 8.80. The summed E-state index contributed by atoms with van der Waals surface area (Å²) in [6.45, 7) is 5.35. The van der Waals surface area contributed by atoms with Crippen molar-refractivity contribution in [3.63, 3.8) is 0 Å². The van der Waals surface area contributed by atoms with Crippen LogP contribution in [0.4, 0.5) is 0 Å². The molecule has 0 aromatic heterocycles. The van der Waals surface area contributed by atoms with Crippen LogP contribution >= 0.6 is 0 Å². The normalized spacial score (nSPS) is 12.4. The fourth-order valence-corrected chi connectivity index (χ4v) is 1.38. The number of aliphatic hydroxyl groups excluding tert-OH is 1. The summed E-state index contributed by atoms with van der Waals surface area (Å²) in [7, 11) is 0. The van der Waals surface area contributed by atoms with E-state index in [0.29, 0.717) is 5.56 Å². The lowest BCUT2D eigenvalue weighted by molar-refractivity contribution is -0.162. The van der Waals surface area contributed by atoms with Crippen molar-refractivity contribution >= 4 is 11.9 Å². The van der Waals surface area contributed by atoms with Crippen molar-refractivity contribution < 1.29 is 29.3 Å². The van der Waals surface area contributed by atoms with E-state index in [2.05, 4.69) is 13.8 Å². The molecule has 0 saturated carbocycles. The number of phenolic OH excluding ortho intramolecular Hbond substituents is 1. The van der Waals surface area contributed by atoms with Crippen LogP contribution < -0.4 is 5.73 Å². The molecule has 0 amide bonds. The van der Waals surface area contributed by atoms with Gasteiger partial charge in [0.25, 0.3) is 0 Å². The van der Waals surface area contributed by atoms with Crippen molar-refractivity contribution in [2.24, 2.45) is 5.73 Å². The standard InChI is InChI=1S/C13H17NO6.C3H8/c1-8(20-11(16)6-14)7-19-13(18)12(17)9-2-4-10(15)5-3-9;1-3-2/h2-5,8,12,15,17H,6-7,14H2,1H3;3H2,1-2H3. The molecule has 23 heavy (non-hydrogen) atoms. The van der Waals surface area contributed by atoms with Gasteiger partial charge in [0.1, 0.15) is 18.5 Å². The average Bonchev–Trinajstić information content (AvgIpc) is 2.53. The van der Waals surface area contributed by atoms with Gasteiger partial charge in [0.05, 0.1) is 6.54 Å². The Hall–Kier alpha value is -2.12. The Bertz CT molecular complexity index is 474. The topological polar surface area (TPSA) is 119 Å². The Kier molecular flexibility index (Phi) is 10.4. The lowest BCUT2D eigenvalue weighted by Crippen LogP contribution is -2.27. The zero-order chi connectivity index (χ0) is 17.8. The van der Waals surface area contributed by atoms with Gasteiger partial charge in [-0.05, 0) is 24.6 Å². The van der Waals surface area contributed by atoms with Crippen molar-refractivity contribution in [3.05, 3.63) is 29.8 Å². The van der Waals surface area contributed by atoms with Crippen LogP contribution in [0.15, 0.2) is 24.3 Å². The fraction of sp³-hybridized carbons (Fsp3) is 0.500. The van der Waals surface area contributed by atoms with E-state index in [9.17, 15) is 14.7 Å². The van der Waals surface area contributed by atoms with Gasteiger partial charge in [0.2, 0.25) is 0 Å². The first-order chi connectivity index (χ1) is 10.8. The molecule has 4 N–H and O–H groups in total. The number of benzene rings is 1. The van der Waals surface area contributed by atoms with Crippen LogP contribution in [0.2, 0.25) is 0 Å². The first-order valence-electron chi connectivity index (χ1n) is 7.38. The minimum Gasteiger partial charge on any atom is -0.508 e. The number of hydrogen-bond donors (Lipinski definition) is 3. The summed E-state index contributed by atoms with van der Waals surface area (Å²) >= 11 is 0. The number of carbonyl (C=O) groups excluding carboxylic acids is 2. The number of aromatic hydroxyl groups is 1. The molecule has 7 heteroatoms. The molecule has 1 aromatic rings. The molecular weight excluding hydrogens is 302 g/mol. The third-order valence-electron chi connectivity index (χ3n) is 2.39. The summed E-state index contributed by atoms with van der Waals surface area (Å²) in [5.74, 6) is -1.45. The highest BCUT2D eigenvalue weighted by molar-refractivity contribution is 5.76. The van der Waals surface area contributed by atoms with E-state index in [4.69, 9.17) is 20.3 Å². The predicted octanol–water partition coefficient (Wildman–Crippen LogP) is 1.28. The Morgan fingerprint density at radius 3 is 2.22 bits per heavy atom. The molecule has 7 nitrogen and oxygen atoms in total. The molecule has 2 atom stereocenters. The van der Waals surface area contributed by atoms with E-state index in [1.807, 2.05) is 0 Å². The molecule has 1 rings (SSSR count). The second kappa shape index (κ2) is 11.4. The Balaban J connectivity index is 0.00000149. The van der Waals surface area contributed by atoms with Crippen LogP contribution in [0.3, 0.4) is 0 Å². The number of ether oxygens (including phenoxy) is 2. The second-order valence-electron chi connectivity index (χ2n) is 4.84. The smallest absolute Gasteiger partial charge is 0.339 e. The maximum Gasteiger partial charge on any atom is 0.339 e.